The van der Waals surface area contributed by atoms with Crippen molar-refractivity contribution in [3.05, 3.63) is 76.4 Å². The van der Waals surface area contributed by atoms with Gasteiger partial charge in [0.25, 0.3) is 0 Å². The van der Waals surface area contributed by atoms with Gasteiger partial charge in [0.2, 0.25) is 5.82 Å². The van der Waals surface area contributed by atoms with Crippen LogP contribution in [-0.4, -0.2) is 13.2 Å². The van der Waals surface area contributed by atoms with Gasteiger partial charge in [-0.3, -0.25) is 0 Å². The summed E-state index contributed by atoms with van der Waals surface area (Å²) in [5.41, 5.74) is -7.34. The lowest BCUT2D eigenvalue weighted by Gasteiger charge is -2.35. The highest BCUT2D eigenvalue weighted by Crippen LogP contribution is 2.60. The third-order valence-electron chi connectivity index (χ3n) is 5.72. The van der Waals surface area contributed by atoms with Crippen molar-refractivity contribution in [2.24, 2.45) is 0 Å². The topological polar surface area (TPSA) is 27.7 Å². The van der Waals surface area contributed by atoms with Crippen molar-refractivity contribution in [1.82, 2.24) is 0 Å². The van der Waals surface area contributed by atoms with E-state index in [9.17, 15) is 30.7 Å². The van der Waals surface area contributed by atoms with E-state index in [-0.39, 0.29) is 13.2 Å². The van der Waals surface area contributed by atoms with E-state index in [1.54, 1.807) is 0 Å². The highest BCUT2D eigenvalue weighted by Gasteiger charge is 2.65. The van der Waals surface area contributed by atoms with Gasteiger partial charge >= 0.3 is 18.0 Å². The molecule has 3 aromatic carbocycles. The minimum absolute atomic E-state index is 0.137. The predicted octanol–water partition coefficient (Wildman–Crippen LogP) is 8.03. The molecule has 0 saturated carbocycles. The fraction of sp³-hybridized carbons (Fsp3) is 0.280. The van der Waals surface area contributed by atoms with Gasteiger partial charge in [0.1, 0.15) is 5.56 Å². The van der Waals surface area contributed by atoms with E-state index >= 15 is 13.2 Å². The highest BCUT2D eigenvalue weighted by atomic mass is 19.3. The molecule has 1 aliphatic rings. The zero-order valence-corrected chi connectivity index (χ0v) is 19.4. The van der Waals surface area contributed by atoms with Crippen LogP contribution in [0, 0.1) is 23.3 Å². The number of fused-ring (bicyclic) bond motifs is 3. The van der Waals surface area contributed by atoms with Gasteiger partial charge in [0, 0.05) is 0 Å². The van der Waals surface area contributed by atoms with Gasteiger partial charge in [0.05, 0.1) is 24.3 Å². The molecule has 4 rings (SSSR count). The lowest BCUT2D eigenvalue weighted by atomic mass is 9.79. The monoisotopic (exact) mass is 554 g/mol. The van der Waals surface area contributed by atoms with Gasteiger partial charge in [-0.25, -0.2) is 13.2 Å². The predicted molar refractivity (Wildman–Crippen MR) is 113 cm³/mol. The number of halogens is 10. The van der Waals surface area contributed by atoms with Crippen molar-refractivity contribution in [2.75, 3.05) is 13.2 Å². The van der Waals surface area contributed by atoms with Crippen molar-refractivity contribution >= 4 is 0 Å². The van der Waals surface area contributed by atoms with Crippen LogP contribution in [0.15, 0.2) is 36.4 Å². The molecule has 0 bridgehead atoms. The molecule has 0 atom stereocenters. The molecule has 0 aliphatic heterocycles. The normalized spacial score (nSPS) is 15.5. The summed E-state index contributed by atoms with van der Waals surface area (Å²) in [6, 6.07) is 3.58. The van der Waals surface area contributed by atoms with E-state index < -0.39 is 86.3 Å². The minimum atomic E-state index is -5.45. The molecule has 13 heteroatoms. The number of hydrogen-bond acceptors (Lipinski definition) is 3. The van der Waals surface area contributed by atoms with Crippen LogP contribution >= 0.6 is 0 Å². The Morgan fingerprint density at radius 2 is 1.03 bits per heavy atom. The number of hydrogen-bond donors (Lipinski definition) is 0. The number of rotatable bonds is 7. The van der Waals surface area contributed by atoms with Crippen LogP contribution in [0.25, 0.3) is 11.1 Å². The summed E-state index contributed by atoms with van der Waals surface area (Å²) in [5, 5.41) is 0. The van der Waals surface area contributed by atoms with Crippen LogP contribution in [0.1, 0.15) is 30.5 Å². The second-order valence-corrected chi connectivity index (χ2v) is 7.97. The maximum absolute atomic E-state index is 15.2. The molecule has 38 heavy (non-hydrogen) atoms. The summed E-state index contributed by atoms with van der Waals surface area (Å²) in [7, 11) is 0. The molecule has 0 radical (unpaired) electrons. The van der Waals surface area contributed by atoms with Gasteiger partial charge in [-0.05, 0) is 61.4 Å². The van der Waals surface area contributed by atoms with Gasteiger partial charge in [-0.1, -0.05) is 0 Å². The molecule has 0 aromatic heterocycles. The summed E-state index contributed by atoms with van der Waals surface area (Å²) in [6.45, 7) is 2.48. The smallest absolute Gasteiger partial charge is 0.429 e. The van der Waals surface area contributed by atoms with Crippen molar-refractivity contribution < 1.29 is 58.1 Å². The van der Waals surface area contributed by atoms with Crippen LogP contribution in [0.3, 0.4) is 0 Å². The Labute approximate surface area is 208 Å². The average molecular weight is 554 g/mol. The average Bonchev–Trinajstić information content (AvgIpc) is 2.83. The van der Waals surface area contributed by atoms with Crippen LogP contribution in [-0.2, 0) is 18.0 Å². The Kier molecular flexibility index (Phi) is 6.69. The van der Waals surface area contributed by atoms with Gasteiger partial charge in [0.15, 0.2) is 34.7 Å². The molecule has 0 fully saturated rings. The maximum atomic E-state index is 15.2. The quantitative estimate of drug-likeness (QED) is 0.277. The SMILES string of the molecule is CCOc1ccc(C(F)(F)Oc2ccc3c(c2F)C(F)(F)C(F)(F)c2c-3ccc(OCC)c2F)c(F)c1F. The van der Waals surface area contributed by atoms with Crippen LogP contribution < -0.4 is 14.2 Å². The molecule has 0 spiro atoms. The van der Waals surface area contributed by atoms with E-state index in [0.29, 0.717) is 24.3 Å². The molecule has 0 N–H and O–H groups in total. The molecular weight excluding hydrogens is 538 g/mol. The number of benzene rings is 3. The molecule has 0 unspecified atom stereocenters. The summed E-state index contributed by atoms with van der Waals surface area (Å²) in [4.78, 5) is 0. The fourth-order valence-electron chi connectivity index (χ4n) is 4.05. The summed E-state index contributed by atoms with van der Waals surface area (Å²) >= 11 is 0. The maximum Gasteiger partial charge on any atom is 0.429 e. The zero-order valence-electron chi connectivity index (χ0n) is 19.4. The van der Waals surface area contributed by atoms with Crippen LogP contribution in [0.2, 0.25) is 0 Å². The van der Waals surface area contributed by atoms with E-state index in [4.69, 9.17) is 9.47 Å². The van der Waals surface area contributed by atoms with Gasteiger partial charge in [-0.2, -0.15) is 30.7 Å². The summed E-state index contributed by atoms with van der Waals surface area (Å²) < 4.78 is 161. The number of alkyl halides is 6. The Hall–Kier alpha value is -3.64. The van der Waals surface area contributed by atoms with Crippen molar-refractivity contribution in [1.29, 1.82) is 0 Å². The standard InChI is InChI=1S/C25H16F10O3/c1-3-36-14-8-5-11-12-6-9-16(21(28)18(12)24(32,33)23(30,31)17(11)20(14)27)38-25(34,35)13-7-10-15(37-4-2)22(29)19(13)26/h5-10H,3-4H2,1-2H3. The number of ether oxygens (including phenoxy) is 3. The van der Waals surface area contributed by atoms with Crippen LogP contribution in [0.4, 0.5) is 43.9 Å². The van der Waals surface area contributed by atoms with Crippen molar-refractivity contribution in [3.8, 4) is 28.4 Å². The highest BCUT2D eigenvalue weighted by molar-refractivity contribution is 5.78. The summed E-state index contributed by atoms with van der Waals surface area (Å²) in [5.74, 6) is -22.0. The molecule has 0 amide bonds. The molecule has 0 heterocycles. The van der Waals surface area contributed by atoms with Crippen molar-refractivity contribution in [2.45, 2.75) is 31.8 Å². The third-order valence-corrected chi connectivity index (χ3v) is 5.72. The molecule has 0 saturated heterocycles. The molecule has 204 valence electrons. The molecule has 3 nitrogen and oxygen atoms in total. The Bertz CT molecular complexity index is 1400. The lowest BCUT2D eigenvalue weighted by molar-refractivity contribution is -0.228. The largest absolute Gasteiger partial charge is 0.491 e. The van der Waals surface area contributed by atoms with E-state index in [2.05, 4.69) is 4.74 Å². The first-order valence-corrected chi connectivity index (χ1v) is 10.9. The summed E-state index contributed by atoms with van der Waals surface area (Å²) in [6.07, 6.45) is -4.85. The Morgan fingerprint density at radius 3 is 1.53 bits per heavy atom. The first kappa shape index (κ1) is 27.4. The van der Waals surface area contributed by atoms with E-state index in [1.807, 2.05) is 0 Å². The first-order valence-electron chi connectivity index (χ1n) is 10.9. The Morgan fingerprint density at radius 1 is 0.605 bits per heavy atom. The second-order valence-electron chi connectivity index (χ2n) is 7.97. The van der Waals surface area contributed by atoms with Gasteiger partial charge < -0.3 is 14.2 Å². The van der Waals surface area contributed by atoms with Crippen molar-refractivity contribution in [3.63, 3.8) is 0 Å². The van der Waals surface area contributed by atoms with Crippen LogP contribution in [0.5, 0.6) is 17.2 Å². The zero-order chi connectivity index (χ0) is 28.2. The Balaban J connectivity index is 1.85. The minimum Gasteiger partial charge on any atom is -0.491 e. The first-order chi connectivity index (χ1) is 17.7. The molecule has 3 aromatic rings. The fourth-order valence-corrected chi connectivity index (χ4v) is 4.05. The third kappa shape index (κ3) is 3.99. The second kappa shape index (κ2) is 9.28. The van der Waals surface area contributed by atoms with Gasteiger partial charge in [-0.15, -0.1) is 0 Å². The van der Waals surface area contributed by atoms with E-state index in [0.717, 1.165) is 12.1 Å². The lowest BCUT2D eigenvalue weighted by Crippen LogP contribution is -2.41. The molecule has 1 aliphatic carbocycles. The van der Waals surface area contributed by atoms with E-state index in [1.165, 1.54) is 13.8 Å². The molecular formula is C25H16F10O3.